The second-order valence-electron chi connectivity index (χ2n) is 5.14. The molecule has 0 spiro atoms. The van der Waals surface area contributed by atoms with E-state index in [-0.39, 0.29) is 5.37 Å². The molecular formula is C17H18N2O3S. The number of hydrogen-bond donors (Lipinski definition) is 1. The summed E-state index contributed by atoms with van der Waals surface area (Å²) >= 11 is 1.69. The Morgan fingerprint density at radius 2 is 1.91 bits per heavy atom. The number of rotatable bonds is 6. The molecule has 1 saturated heterocycles. The summed E-state index contributed by atoms with van der Waals surface area (Å²) in [4.78, 5) is 22.4. The van der Waals surface area contributed by atoms with Crippen molar-refractivity contribution >= 4 is 17.7 Å². The van der Waals surface area contributed by atoms with E-state index in [4.69, 9.17) is 15.6 Å². The summed E-state index contributed by atoms with van der Waals surface area (Å²) in [6, 6.07) is 17.1. The van der Waals surface area contributed by atoms with E-state index in [9.17, 15) is 4.79 Å². The second-order valence-corrected chi connectivity index (χ2v) is 6.33. The van der Waals surface area contributed by atoms with Crippen molar-refractivity contribution in [2.45, 2.75) is 12.0 Å². The minimum absolute atomic E-state index is 0.102. The first kappa shape index (κ1) is 16.0. The maximum absolute atomic E-state index is 11.6. The largest absolute Gasteiger partial charge is 0.366 e. The van der Waals surface area contributed by atoms with Gasteiger partial charge in [0.05, 0.1) is 0 Å². The fraction of sp³-hybridized carbons (Fsp3) is 0.235. The maximum Gasteiger partial charge on any atom is 0.249 e. The molecule has 1 aliphatic heterocycles. The molecule has 1 unspecified atom stereocenters. The number of nitrogens with zero attached hydrogens (tertiary/aromatic N) is 1. The number of primary amides is 1. The Balaban J connectivity index is 1.65. The molecule has 1 fully saturated rings. The van der Waals surface area contributed by atoms with Crippen LogP contribution in [0.4, 0.5) is 0 Å². The van der Waals surface area contributed by atoms with Crippen LogP contribution in [0.25, 0.3) is 0 Å². The van der Waals surface area contributed by atoms with E-state index in [1.807, 2.05) is 42.5 Å². The van der Waals surface area contributed by atoms with Gasteiger partial charge in [0.1, 0.15) is 12.0 Å². The van der Waals surface area contributed by atoms with E-state index >= 15 is 0 Å². The zero-order valence-electron chi connectivity index (χ0n) is 12.6. The third-order valence-electron chi connectivity index (χ3n) is 3.56. The summed E-state index contributed by atoms with van der Waals surface area (Å²) in [5.74, 6) is 0.463. The lowest BCUT2D eigenvalue weighted by Crippen LogP contribution is -2.25. The Bertz CT molecular complexity index is 666. The normalized spacial score (nSPS) is 18.2. The molecule has 0 aromatic heterocycles. The molecule has 1 heterocycles. The number of nitrogens with two attached hydrogens (primary N) is 1. The van der Waals surface area contributed by atoms with Crippen molar-refractivity contribution in [2.75, 3.05) is 12.3 Å². The minimum Gasteiger partial charge on any atom is -0.366 e. The molecule has 0 bridgehead atoms. The highest BCUT2D eigenvalue weighted by atomic mass is 32.2. The van der Waals surface area contributed by atoms with Crippen LogP contribution in [0.1, 0.15) is 26.9 Å². The van der Waals surface area contributed by atoms with Crippen LogP contribution in [0.5, 0.6) is 0 Å². The van der Waals surface area contributed by atoms with E-state index in [2.05, 4.69) is 0 Å². The van der Waals surface area contributed by atoms with Crippen molar-refractivity contribution in [1.29, 1.82) is 0 Å². The molecule has 0 radical (unpaired) electrons. The van der Waals surface area contributed by atoms with Gasteiger partial charge in [0, 0.05) is 17.9 Å². The standard InChI is InChI=1S/C17H18N2O3S/c18-16(20)14-8-4-5-9-15(14)17-19(10-11-23-17)22-21-12-13-6-2-1-3-7-13/h1-9,17H,10-12H2,(H2,18,20). The van der Waals surface area contributed by atoms with E-state index in [1.54, 1.807) is 29.0 Å². The van der Waals surface area contributed by atoms with Gasteiger partial charge in [0.2, 0.25) is 5.91 Å². The van der Waals surface area contributed by atoms with Gasteiger partial charge in [-0.3, -0.25) is 4.79 Å². The zero-order chi connectivity index (χ0) is 16.1. The molecule has 23 heavy (non-hydrogen) atoms. The van der Waals surface area contributed by atoms with Gasteiger partial charge in [0.15, 0.2) is 0 Å². The summed E-state index contributed by atoms with van der Waals surface area (Å²) in [5, 5.41) is 1.64. The summed E-state index contributed by atoms with van der Waals surface area (Å²) in [6.45, 7) is 1.09. The minimum atomic E-state index is -0.432. The quantitative estimate of drug-likeness (QED) is 0.652. The third-order valence-corrected chi connectivity index (χ3v) is 4.78. The Morgan fingerprint density at radius 1 is 1.17 bits per heavy atom. The van der Waals surface area contributed by atoms with Crippen molar-refractivity contribution in [3.63, 3.8) is 0 Å². The van der Waals surface area contributed by atoms with Crippen molar-refractivity contribution in [3.05, 3.63) is 71.3 Å². The molecule has 5 nitrogen and oxygen atoms in total. The van der Waals surface area contributed by atoms with Gasteiger partial charge in [-0.05, 0) is 17.2 Å². The van der Waals surface area contributed by atoms with Crippen LogP contribution < -0.4 is 5.73 Å². The first-order valence-electron chi connectivity index (χ1n) is 7.36. The van der Waals surface area contributed by atoms with E-state index in [0.29, 0.717) is 12.2 Å². The van der Waals surface area contributed by atoms with Crippen LogP contribution >= 0.6 is 11.8 Å². The van der Waals surface area contributed by atoms with Gasteiger partial charge in [-0.15, -0.1) is 21.8 Å². The zero-order valence-corrected chi connectivity index (χ0v) is 13.4. The highest BCUT2D eigenvalue weighted by Crippen LogP contribution is 2.39. The number of hydrogen-bond acceptors (Lipinski definition) is 5. The molecule has 3 rings (SSSR count). The molecule has 0 aliphatic carbocycles. The van der Waals surface area contributed by atoms with Crippen molar-refractivity contribution in [2.24, 2.45) is 5.73 Å². The number of carbonyl (C=O) groups excluding carboxylic acids is 1. The van der Waals surface area contributed by atoms with Gasteiger partial charge in [-0.1, -0.05) is 48.5 Å². The summed E-state index contributed by atoms with van der Waals surface area (Å²) in [7, 11) is 0. The summed E-state index contributed by atoms with van der Waals surface area (Å²) in [5.41, 5.74) is 7.87. The Hall–Kier alpha value is -1.86. The van der Waals surface area contributed by atoms with Crippen LogP contribution in [0.2, 0.25) is 0 Å². The van der Waals surface area contributed by atoms with E-state index < -0.39 is 5.91 Å². The number of amides is 1. The van der Waals surface area contributed by atoms with Crippen molar-refractivity contribution in [1.82, 2.24) is 5.06 Å². The van der Waals surface area contributed by atoms with Crippen LogP contribution in [0.3, 0.4) is 0 Å². The fourth-order valence-electron chi connectivity index (χ4n) is 2.45. The molecule has 1 atom stereocenters. The van der Waals surface area contributed by atoms with Crippen LogP contribution in [-0.2, 0) is 16.5 Å². The predicted octanol–water partition coefficient (Wildman–Crippen LogP) is 2.90. The summed E-state index contributed by atoms with van der Waals surface area (Å²) in [6.07, 6.45) is 0. The molecule has 2 aromatic carbocycles. The van der Waals surface area contributed by atoms with Gasteiger partial charge >= 0.3 is 0 Å². The van der Waals surface area contributed by atoms with Crippen molar-refractivity contribution in [3.8, 4) is 0 Å². The number of thioether (sulfide) groups is 1. The Labute approximate surface area is 139 Å². The molecule has 120 valence electrons. The van der Waals surface area contributed by atoms with E-state index in [1.165, 1.54) is 0 Å². The predicted molar refractivity (Wildman–Crippen MR) is 89.2 cm³/mol. The first-order valence-corrected chi connectivity index (χ1v) is 8.41. The average molecular weight is 330 g/mol. The molecule has 1 amide bonds. The topological polar surface area (TPSA) is 64.8 Å². The number of hydroxylamine groups is 2. The highest BCUT2D eigenvalue weighted by Gasteiger charge is 2.31. The molecular weight excluding hydrogens is 312 g/mol. The maximum atomic E-state index is 11.6. The smallest absolute Gasteiger partial charge is 0.249 e. The lowest BCUT2D eigenvalue weighted by atomic mass is 10.1. The van der Waals surface area contributed by atoms with Gasteiger partial charge in [-0.25, -0.2) is 4.89 Å². The average Bonchev–Trinajstić information content (AvgIpc) is 3.04. The summed E-state index contributed by atoms with van der Waals surface area (Å²) < 4.78 is 0. The SMILES string of the molecule is NC(=O)c1ccccc1C1SCCN1OOCc1ccccc1. The van der Waals surface area contributed by atoms with Crippen LogP contribution in [0.15, 0.2) is 54.6 Å². The molecule has 2 aromatic rings. The molecule has 2 N–H and O–H groups in total. The third kappa shape index (κ3) is 3.92. The van der Waals surface area contributed by atoms with Crippen molar-refractivity contribution < 1.29 is 14.7 Å². The highest BCUT2D eigenvalue weighted by molar-refractivity contribution is 7.99. The second kappa shape index (κ2) is 7.61. The lowest BCUT2D eigenvalue weighted by molar-refractivity contribution is -0.434. The lowest BCUT2D eigenvalue weighted by Gasteiger charge is -2.22. The van der Waals surface area contributed by atoms with Gasteiger partial charge in [-0.2, -0.15) is 0 Å². The monoisotopic (exact) mass is 330 g/mol. The number of benzene rings is 2. The fourth-order valence-corrected chi connectivity index (χ4v) is 3.65. The van der Waals surface area contributed by atoms with Crippen LogP contribution in [0, 0.1) is 0 Å². The molecule has 6 heteroatoms. The van der Waals surface area contributed by atoms with Crippen LogP contribution in [-0.4, -0.2) is 23.3 Å². The number of carbonyl (C=O) groups is 1. The Morgan fingerprint density at radius 3 is 2.70 bits per heavy atom. The first-order chi connectivity index (χ1) is 11.3. The van der Waals surface area contributed by atoms with Gasteiger partial charge < -0.3 is 5.73 Å². The Kier molecular flexibility index (Phi) is 5.30. The molecule has 1 aliphatic rings. The van der Waals surface area contributed by atoms with Gasteiger partial charge in [0.25, 0.3) is 0 Å². The molecule has 0 saturated carbocycles. The van der Waals surface area contributed by atoms with E-state index in [0.717, 1.165) is 23.4 Å².